The summed E-state index contributed by atoms with van der Waals surface area (Å²) in [5.74, 6) is 1.19. The summed E-state index contributed by atoms with van der Waals surface area (Å²) >= 11 is 2.92. The lowest BCUT2D eigenvalue weighted by atomic mass is 10.1. The third-order valence-electron chi connectivity index (χ3n) is 6.07. The van der Waals surface area contributed by atoms with Gasteiger partial charge in [-0.3, -0.25) is 4.79 Å². The Hall–Kier alpha value is -1.59. The van der Waals surface area contributed by atoms with Crippen LogP contribution in [-0.4, -0.2) is 80.8 Å². The van der Waals surface area contributed by atoms with Gasteiger partial charge >= 0.3 is 0 Å². The van der Waals surface area contributed by atoms with Crippen molar-refractivity contribution in [3.63, 3.8) is 0 Å². The number of benzene rings is 1. The molecule has 2 aliphatic rings. The van der Waals surface area contributed by atoms with Gasteiger partial charge in [-0.1, -0.05) is 6.92 Å². The van der Waals surface area contributed by atoms with Gasteiger partial charge in [-0.15, -0.1) is 11.3 Å². The van der Waals surface area contributed by atoms with Crippen LogP contribution < -0.4 is 10.2 Å². The maximum Gasteiger partial charge on any atom is 0.267 e. The molecule has 174 valence electrons. The summed E-state index contributed by atoms with van der Waals surface area (Å²) in [5.41, 5.74) is 2.82. The summed E-state index contributed by atoms with van der Waals surface area (Å²) in [7, 11) is -3.67. The van der Waals surface area contributed by atoms with E-state index in [1.54, 1.807) is 23.2 Å². The second-order valence-corrected chi connectivity index (χ2v) is 12.1. The number of amides is 1. The predicted molar refractivity (Wildman–Crippen MR) is 134 cm³/mol. The quantitative estimate of drug-likeness (QED) is 0.665. The first-order valence-corrected chi connectivity index (χ1v) is 14.4. The minimum atomic E-state index is -3.67. The molecule has 2 aromatic rings. The van der Waals surface area contributed by atoms with Crippen molar-refractivity contribution in [2.45, 2.75) is 18.7 Å². The summed E-state index contributed by atoms with van der Waals surface area (Å²) in [5, 5.41) is 4.61. The van der Waals surface area contributed by atoms with Gasteiger partial charge in [0.1, 0.15) is 9.77 Å². The Morgan fingerprint density at radius 1 is 1.06 bits per heavy atom. The van der Waals surface area contributed by atoms with Gasteiger partial charge in [0.2, 0.25) is 10.0 Å². The van der Waals surface area contributed by atoms with Crippen molar-refractivity contribution in [2.75, 3.05) is 67.5 Å². The zero-order valence-electron chi connectivity index (χ0n) is 18.5. The highest BCUT2D eigenvalue weighted by Crippen LogP contribution is 2.29. The van der Waals surface area contributed by atoms with E-state index in [-0.39, 0.29) is 15.7 Å². The topological polar surface area (TPSA) is 73.0 Å². The Labute approximate surface area is 198 Å². The number of aryl methyl sites for hydroxylation is 1. The lowest BCUT2D eigenvalue weighted by Crippen LogP contribution is -2.46. The minimum absolute atomic E-state index is 0.106. The number of anilines is 2. The number of thiophene rings is 1. The molecule has 0 unspecified atom stereocenters. The van der Waals surface area contributed by atoms with Crippen LogP contribution in [0.1, 0.15) is 22.2 Å². The minimum Gasteiger partial charge on any atom is -0.369 e. The average Bonchev–Trinajstić information content (AvgIpc) is 3.32. The maximum absolute atomic E-state index is 13.1. The number of carbonyl (C=O) groups excluding carboxylic acids is 1. The van der Waals surface area contributed by atoms with E-state index in [1.807, 2.05) is 19.1 Å². The Balaban J connectivity index is 1.48. The molecule has 32 heavy (non-hydrogen) atoms. The summed E-state index contributed by atoms with van der Waals surface area (Å²) in [6.07, 6.45) is 0. The molecule has 0 radical (unpaired) electrons. The fourth-order valence-corrected chi connectivity index (χ4v) is 7.95. The number of hydrogen-bond acceptors (Lipinski definition) is 7. The third-order valence-corrected chi connectivity index (χ3v) is 9.99. The Kier molecular flexibility index (Phi) is 7.46. The molecule has 3 heterocycles. The Morgan fingerprint density at radius 3 is 2.44 bits per heavy atom. The smallest absolute Gasteiger partial charge is 0.267 e. The van der Waals surface area contributed by atoms with Crippen molar-refractivity contribution in [3.05, 3.63) is 40.1 Å². The molecule has 0 bridgehead atoms. The first-order chi connectivity index (χ1) is 15.4. The lowest BCUT2D eigenvalue weighted by molar-refractivity contribution is 0.102. The van der Waals surface area contributed by atoms with Crippen LogP contribution in [0.5, 0.6) is 0 Å². The Morgan fingerprint density at radius 2 is 1.78 bits per heavy atom. The first kappa shape index (κ1) is 23.6. The summed E-state index contributed by atoms with van der Waals surface area (Å²) in [6.45, 7) is 10.3. The molecule has 0 spiro atoms. The number of nitrogens with one attached hydrogen (secondary N) is 1. The van der Waals surface area contributed by atoms with Crippen molar-refractivity contribution >= 4 is 50.4 Å². The highest BCUT2D eigenvalue weighted by atomic mass is 32.2. The Bertz CT molecular complexity index is 1060. The van der Waals surface area contributed by atoms with E-state index in [9.17, 15) is 13.2 Å². The predicted octanol–water partition coefficient (Wildman–Crippen LogP) is 3.19. The molecule has 7 nitrogen and oxygen atoms in total. The highest BCUT2D eigenvalue weighted by Gasteiger charge is 2.31. The summed E-state index contributed by atoms with van der Waals surface area (Å²) in [6, 6.07) is 7.58. The fourth-order valence-electron chi connectivity index (χ4n) is 4.08. The van der Waals surface area contributed by atoms with Gasteiger partial charge < -0.3 is 15.1 Å². The molecule has 1 amide bonds. The molecule has 0 saturated carbocycles. The van der Waals surface area contributed by atoms with Gasteiger partial charge in [0, 0.05) is 62.1 Å². The molecule has 1 N–H and O–H groups in total. The van der Waals surface area contributed by atoms with Gasteiger partial charge in [-0.25, -0.2) is 8.42 Å². The number of rotatable bonds is 6. The van der Waals surface area contributed by atoms with Crippen LogP contribution in [0.2, 0.25) is 0 Å². The van der Waals surface area contributed by atoms with Crippen molar-refractivity contribution in [3.8, 4) is 0 Å². The lowest BCUT2D eigenvalue weighted by Gasteiger charge is -2.35. The third kappa shape index (κ3) is 4.99. The maximum atomic E-state index is 13.1. The van der Waals surface area contributed by atoms with Crippen LogP contribution in [0, 0.1) is 6.92 Å². The molecule has 10 heteroatoms. The van der Waals surface area contributed by atoms with Crippen LogP contribution in [0.25, 0.3) is 0 Å². The van der Waals surface area contributed by atoms with Gasteiger partial charge in [0.05, 0.1) is 0 Å². The number of hydrogen-bond donors (Lipinski definition) is 1. The second-order valence-electron chi connectivity index (χ2n) is 8.01. The van der Waals surface area contributed by atoms with Crippen LogP contribution in [0.4, 0.5) is 11.4 Å². The number of piperazine rings is 1. The highest BCUT2D eigenvalue weighted by molar-refractivity contribution is 7.99. The van der Waals surface area contributed by atoms with Crippen molar-refractivity contribution in [1.82, 2.24) is 9.21 Å². The van der Waals surface area contributed by atoms with E-state index in [0.29, 0.717) is 18.8 Å². The van der Waals surface area contributed by atoms with Gasteiger partial charge in [-0.05, 0) is 48.7 Å². The summed E-state index contributed by atoms with van der Waals surface area (Å²) in [4.78, 5) is 18.2. The largest absolute Gasteiger partial charge is 0.369 e. The van der Waals surface area contributed by atoms with Crippen molar-refractivity contribution in [2.24, 2.45) is 0 Å². The summed E-state index contributed by atoms with van der Waals surface area (Å²) < 4.78 is 27.7. The number of nitrogens with zero attached hydrogens (tertiary/aromatic N) is 3. The molecule has 2 fully saturated rings. The number of likely N-dealkylation sites (N-methyl/N-ethyl adjacent to an activating group) is 1. The monoisotopic (exact) mass is 494 g/mol. The first-order valence-electron chi connectivity index (χ1n) is 10.9. The molecule has 0 atom stereocenters. The van der Waals surface area contributed by atoms with Gasteiger partial charge in [0.25, 0.3) is 5.91 Å². The molecular weight excluding hydrogens is 464 g/mol. The molecule has 4 rings (SSSR count). The zero-order chi connectivity index (χ0) is 22.7. The molecule has 2 saturated heterocycles. The van der Waals surface area contributed by atoms with E-state index < -0.39 is 10.0 Å². The van der Waals surface area contributed by atoms with Gasteiger partial charge in [0.15, 0.2) is 0 Å². The van der Waals surface area contributed by atoms with Gasteiger partial charge in [-0.2, -0.15) is 16.1 Å². The zero-order valence-corrected chi connectivity index (χ0v) is 21.0. The van der Waals surface area contributed by atoms with Crippen molar-refractivity contribution in [1.29, 1.82) is 0 Å². The SMILES string of the molecule is CCN1CCN(c2ccc(NC(=O)c3sccc3S(=O)(=O)N3CCSCC3)c(C)c2)CC1. The molecular formula is C22H30N4O3S3. The second kappa shape index (κ2) is 10.1. The molecule has 2 aliphatic heterocycles. The number of sulfonamides is 1. The van der Waals surface area contributed by atoms with E-state index in [1.165, 1.54) is 15.6 Å². The number of carbonyl (C=O) groups is 1. The standard InChI is InChI=1S/C22H30N4O3S3/c1-3-24-7-9-25(10-8-24)18-4-5-19(17(2)16-18)23-22(27)21-20(6-13-31-21)32(28,29)26-11-14-30-15-12-26/h4-6,13,16H,3,7-12,14-15H2,1-2H3,(H,23,27). The fraction of sp³-hybridized carbons (Fsp3) is 0.500. The van der Waals surface area contributed by atoms with Crippen LogP contribution in [0.15, 0.2) is 34.5 Å². The van der Waals surface area contributed by atoms with Crippen LogP contribution >= 0.6 is 23.1 Å². The van der Waals surface area contributed by atoms with E-state index >= 15 is 0 Å². The van der Waals surface area contributed by atoms with Crippen LogP contribution in [-0.2, 0) is 10.0 Å². The van der Waals surface area contributed by atoms with Crippen molar-refractivity contribution < 1.29 is 13.2 Å². The van der Waals surface area contributed by atoms with E-state index in [2.05, 4.69) is 28.1 Å². The van der Waals surface area contributed by atoms with Crippen LogP contribution in [0.3, 0.4) is 0 Å². The van der Waals surface area contributed by atoms with E-state index in [0.717, 1.165) is 55.5 Å². The molecule has 0 aliphatic carbocycles. The van der Waals surface area contributed by atoms with E-state index in [4.69, 9.17) is 0 Å². The normalized spacial score (nSPS) is 18.6. The molecule has 1 aromatic heterocycles. The average molecular weight is 495 g/mol. The molecule has 1 aromatic carbocycles. The number of thioether (sulfide) groups is 1.